The first-order chi connectivity index (χ1) is 15.1. The maximum atomic E-state index is 12.1. The zero-order valence-electron chi connectivity index (χ0n) is 17.1. The molecular weight excluding hydrogens is 394 g/mol. The third-order valence-corrected chi connectivity index (χ3v) is 4.97. The van der Waals surface area contributed by atoms with Gasteiger partial charge in [0.25, 0.3) is 0 Å². The van der Waals surface area contributed by atoms with Crippen LogP contribution in [0.1, 0.15) is 6.92 Å². The van der Waals surface area contributed by atoms with Crippen LogP contribution in [0.3, 0.4) is 0 Å². The Morgan fingerprint density at radius 2 is 1.77 bits per heavy atom. The van der Waals surface area contributed by atoms with E-state index in [1.807, 2.05) is 54.3 Å². The third kappa shape index (κ3) is 3.95. The van der Waals surface area contributed by atoms with Crippen LogP contribution < -0.4 is 15.0 Å². The molecule has 1 N–H and O–H groups in total. The maximum absolute atomic E-state index is 12.1. The molecule has 3 aromatic carbocycles. The smallest absolute Gasteiger partial charge is 0.354 e. The van der Waals surface area contributed by atoms with Crippen LogP contribution in [0.4, 0.5) is 28.7 Å². The van der Waals surface area contributed by atoms with E-state index in [2.05, 4.69) is 15.3 Å². The normalized spacial score (nSPS) is 10.6. The Kier molecular flexibility index (Phi) is 5.61. The lowest BCUT2D eigenvalue weighted by Crippen LogP contribution is -2.20. The van der Waals surface area contributed by atoms with E-state index in [0.717, 1.165) is 16.5 Å². The summed E-state index contributed by atoms with van der Waals surface area (Å²) in [4.78, 5) is 21.9. The minimum absolute atomic E-state index is 0.124. The molecule has 156 valence electrons. The molecule has 4 rings (SSSR count). The zero-order chi connectivity index (χ0) is 21.8. The molecule has 0 saturated carbocycles. The number of ether oxygens (including phenoxy) is 1. The van der Waals surface area contributed by atoms with E-state index in [-0.39, 0.29) is 17.3 Å². The van der Waals surface area contributed by atoms with Crippen LogP contribution in [-0.4, -0.2) is 28.5 Å². The fourth-order valence-corrected chi connectivity index (χ4v) is 3.52. The molecular formula is C23H21N5O3. The number of hydrogen-bond acceptors (Lipinski definition) is 7. The van der Waals surface area contributed by atoms with Gasteiger partial charge in [0.2, 0.25) is 11.6 Å². The molecule has 0 atom stereocenters. The van der Waals surface area contributed by atoms with Crippen LogP contribution in [0.5, 0.6) is 5.75 Å². The number of aromatic nitrogens is 2. The predicted molar refractivity (Wildman–Crippen MR) is 122 cm³/mol. The number of nitrogens with zero attached hydrogens (tertiary/aromatic N) is 4. The highest BCUT2D eigenvalue weighted by molar-refractivity contribution is 5.97. The van der Waals surface area contributed by atoms with Gasteiger partial charge < -0.3 is 15.0 Å². The van der Waals surface area contributed by atoms with Crippen molar-refractivity contribution in [2.24, 2.45) is 0 Å². The van der Waals surface area contributed by atoms with Crippen molar-refractivity contribution >= 4 is 39.5 Å². The maximum Gasteiger partial charge on any atom is 0.354 e. The Bertz CT molecular complexity index is 1220. The van der Waals surface area contributed by atoms with Gasteiger partial charge in [-0.2, -0.15) is 0 Å². The Labute approximate surface area is 179 Å². The molecule has 0 bridgehead atoms. The first-order valence-electron chi connectivity index (χ1n) is 9.78. The van der Waals surface area contributed by atoms with E-state index >= 15 is 0 Å². The zero-order valence-corrected chi connectivity index (χ0v) is 17.1. The van der Waals surface area contributed by atoms with Gasteiger partial charge in [-0.05, 0) is 42.6 Å². The third-order valence-electron chi connectivity index (χ3n) is 4.97. The summed E-state index contributed by atoms with van der Waals surface area (Å²) in [5.41, 5.74) is 1.31. The topological polar surface area (TPSA) is 93.4 Å². The van der Waals surface area contributed by atoms with Gasteiger partial charge in [-0.3, -0.25) is 10.1 Å². The highest BCUT2D eigenvalue weighted by atomic mass is 16.6. The van der Waals surface area contributed by atoms with Crippen molar-refractivity contribution in [1.82, 2.24) is 9.97 Å². The van der Waals surface area contributed by atoms with Crippen molar-refractivity contribution in [2.45, 2.75) is 6.92 Å². The van der Waals surface area contributed by atoms with Gasteiger partial charge >= 0.3 is 5.69 Å². The molecule has 0 aliphatic carbocycles. The van der Waals surface area contributed by atoms with Crippen LogP contribution in [0, 0.1) is 10.1 Å². The molecule has 1 aromatic heterocycles. The van der Waals surface area contributed by atoms with Crippen molar-refractivity contribution < 1.29 is 9.66 Å². The fraction of sp³-hybridized carbons (Fsp3) is 0.130. The number of hydrogen-bond donors (Lipinski definition) is 1. The molecule has 0 radical (unpaired) electrons. The molecule has 0 spiro atoms. The van der Waals surface area contributed by atoms with Crippen molar-refractivity contribution in [2.75, 3.05) is 23.9 Å². The summed E-state index contributed by atoms with van der Waals surface area (Å²) in [5, 5.41) is 17.2. The monoisotopic (exact) mass is 415 g/mol. The predicted octanol–water partition coefficient (Wildman–Crippen LogP) is 5.45. The van der Waals surface area contributed by atoms with Crippen molar-refractivity contribution in [3.05, 3.63) is 83.2 Å². The molecule has 1 heterocycles. The van der Waals surface area contributed by atoms with Gasteiger partial charge in [0.15, 0.2) is 0 Å². The van der Waals surface area contributed by atoms with Gasteiger partial charge in [-0.25, -0.2) is 9.97 Å². The number of nitro groups is 1. The highest BCUT2D eigenvalue weighted by Crippen LogP contribution is 2.39. The second kappa shape index (κ2) is 8.66. The number of rotatable bonds is 7. The number of benzene rings is 3. The largest absolute Gasteiger partial charge is 0.497 e. The second-order valence-electron chi connectivity index (χ2n) is 6.75. The average molecular weight is 415 g/mol. The van der Waals surface area contributed by atoms with Gasteiger partial charge in [0.1, 0.15) is 12.1 Å². The summed E-state index contributed by atoms with van der Waals surface area (Å²) in [6, 6.07) is 20.9. The molecule has 0 saturated heterocycles. The molecule has 8 heteroatoms. The lowest BCUT2D eigenvalue weighted by molar-refractivity contribution is -0.383. The minimum Gasteiger partial charge on any atom is -0.497 e. The lowest BCUT2D eigenvalue weighted by atomic mass is 10.1. The SMILES string of the molecule is CCN(c1ncnc(Nc2ccc(OC)cc2)c1[N+](=O)[O-])c1cccc2ccccc12. The van der Waals surface area contributed by atoms with E-state index in [9.17, 15) is 10.1 Å². The highest BCUT2D eigenvalue weighted by Gasteiger charge is 2.28. The number of methoxy groups -OCH3 is 1. The van der Waals surface area contributed by atoms with Crippen LogP contribution in [0.25, 0.3) is 10.8 Å². The molecule has 0 amide bonds. The van der Waals surface area contributed by atoms with Gasteiger partial charge in [-0.15, -0.1) is 0 Å². The summed E-state index contributed by atoms with van der Waals surface area (Å²) in [6.45, 7) is 2.43. The summed E-state index contributed by atoms with van der Waals surface area (Å²) >= 11 is 0. The molecule has 0 unspecified atom stereocenters. The summed E-state index contributed by atoms with van der Waals surface area (Å²) in [7, 11) is 1.58. The summed E-state index contributed by atoms with van der Waals surface area (Å²) < 4.78 is 5.16. The quantitative estimate of drug-likeness (QED) is 0.317. The first-order valence-corrected chi connectivity index (χ1v) is 9.78. The molecule has 8 nitrogen and oxygen atoms in total. The molecule has 31 heavy (non-hydrogen) atoms. The lowest BCUT2D eigenvalue weighted by Gasteiger charge is -2.24. The summed E-state index contributed by atoms with van der Waals surface area (Å²) in [5.74, 6) is 1.05. The van der Waals surface area contributed by atoms with E-state index in [1.165, 1.54) is 6.33 Å². The van der Waals surface area contributed by atoms with E-state index in [1.54, 1.807) is 31.4 Å². The first kappa shape index (κ1) is 20.1. The number of nitrogens with one attached hydrogen (secondary N) is 1. The van der Waals surface area contributed by atoms with Crippen LogP contribution in [0.2, 0.25) is 0 Å². The van der Waals surface area contributed by atoms with E-state index < -0.39 is 4.92 Å². The van der Waals surface area contributed by atoms with E-state index in [4.69, 9.17) is 4.74 Å². The summed E-state index contributed by atoms with van der Waals surface area (Å²) in [6.07, 6.45) is 1.34. The fourth-order valence-electron chi connectivity index (χ4n) is 3.52. The van der Waals surface area contributed by atoms with Gasteiger partial charge in [0, 0.05) is 17.6 Å². The van der Waals surface area contributed by atoms with Crippen molar-refractivity contribution in [3.63, 3.8) is 0 Å². The molecule has 0 fully saturated rings. The standard InChI is InChI=1S/C23H21N5O3/c1-3-27(20-10-6-8-16-7-4-5-9-19(16)20)23-21(28(29)30)22(24-15-25-23)26-17-11-13-18(31-2)14-12-17/h4-15H,3H2,1-2H3,(H,24,25,26). The second-order valence-corrected chi connectivity index (χ2v) is 6.75. The molecule has 4 aromatic rings. The van der Waals surface area contributed by atoms with Crippen LogP contribution >= 0.6 is 0 Å². The van der Waals surface area contributed by atoms with Crippen molar-refractivity contribution in [3.8, 4) is 5.75 Å². The van der Waals surface area contributed by atoms with Crippen molar-refractivity contribution in [1.29, 1.82) is 0 Å². The molecule has 0 aliphatic heterocycles. The molecule has 0 aliphatic rings. The van der Waals surface area contributed by atoms with Gasteiger partial charge in [-0.1, -0.05) is 36.4 Å². The van der Waals surface area contributed by atoms with E-state index in [0.29, 0.717) is 18.0 Å². The van der Waals surface area contributed by atoms with Gasteiger partial charge in [0.05, 0.1) is 17.7 Å². The number of fused-ring (bicyclic) bond motifs is 1. The van der Waals surface area contributed by atoms with Crippen LogP contribution in [0.15, 0.2) is 73.1 Å². The Hall–Kier alpha value is -4.20. The number of anilines is 4. The Morgan fingerprint density at radius 3 is 2.48 bits per heavy atom. The van der Waals surface area contributed by atoms with Crippen LogP contribution in [-0.2, 0) is 0 Å². The Morgan fingerprint density at radius 1 is 1.03 bits per heavy atom. The Balaban J connectivity index is 1.81. The minimum atomic E-state index is -0.449. The average Bonchev–Trinajstić information content (AvgIpc) is 2.80.